The first-order valence-electron chi connectivity index (χ1n) is 8.92. The molecule has 1 N–H and O–H groups in total. The van der Waals surface area contributed by atoms with Gasteiger partial charge in [0.2, 0.25) is 0 Å². The molecule has 0 saturated carbocycles. The number of nitrogens with zero attached hydrogens (tertiary/aromatic N) is 2. The average molecular weight is 379 g/mol. The van der Waals surface area contributed by atoms with Crippen LogP contribution < -0.4 is 10.2 Å². The van der Waals surface area contributed by atoms with Crippen LogP contribution in [0.5, 0.6) is 0 Å². The molecule has 1 amide bonds. The predicted octanol–water partition coefficient (Wildman–Crippen LogP) is 4.05. The third-order valence-electron chi connectivity index (χ3n) is 4.68. The van der Waals surface area contributed by atoms with Gasteiger partial charge in [0.25, 0.3) is 5.91 Å². The quantitative estimate of drug-likeness (QED) is 0.693. The summed E-state index contributed by atoms with van der Waals surface area (Å²) in [4.78, 5) is 20.9. The zero-order valence-corrected chi connectivity index (χ0v) is 16.0. The average Bonchev–Trinajstić information content (AvgIpc) is 2.74. The molecule has 0 bridgehead atoms. The molecule has 5 nitrogen and oxygen atoms in total. The fourth-order valence-electron chi connectivity index (χ4n) is 3.29. The zero-order valence-electron chi connectivity index (χ0n) is 15.1. The van der Waals surface area contributed by atoms with Gasteiger partial charge in [-0.05, 0) is 36.6 Å². The molecule has 4 rings (SSSR count). The summed E-state index contributed by atoms with van der Waals surface area (Å²) in [5, 5.41) is 4.05. The Morgan fingerprint density at radius 1 is 1.15 bits per heavy atom. The molecule has 0 aliphatic carbocycles. The van der Waals surface area contributed by atoms with Crippen LogP contribution in [0.3, 0.4) is 0 Å². The molecule has 1 aliphatic heterocycles. The number of pyridine rings is 1. The predicted molar refractivity (Wildman–Crippen MR) is 111 cm³/mol. The summed E-state index contributed by atoms with van der Waals surface area (Å²) in [7, 11) is 0. The van der Waals surface area contributed by atoms with E-state index >= 15 is 0 Å². The van der Waals surface area contributed by atoms with E-state index < -0.39 is 0 Å². The van der Waals surface area contributed by atoms with Crippen molar-refractivity contribution in [3.8, 4) is 0 Å². The van der Waals surface area contributed by atoms with Crippen LogP contribution >= 0.6 is 11.8 Å². The highest BCUT2D eigenvalue weighted by molar-refractivity contribution is 7.98. The Morgan fingerprint density at radius 2 is 1.96 bits per heavy atom. The van der Waals surface area contributed by atoms with Gasteiger partial charge in [0.1, 0.15) is 0 Å². The number of carbonyl (C=O) groups is 1. The number of amides is 1. The molecular weight excluding hydrogens is 358 g/mol. The van der Waals surface area contributed by atoms with Gasteiger partial charge in [-0.2, -0.15) is 0 Å². The fraction of sp³-hybridized carbons (Fsp3) is 0.238. The van der Waals surface area contributed by atoms with Crippen molar-refractivity contribution in [2.75, 3.05) is 42.8 Å². The summed E-state index contributed by atoms with van der Waals surface area (Å²) >= 11 is 1.67. The molecule has 0 radical (unpaired) electrons. The normalized spacial score (nSPS) is 14.3. The summed E-state index contributed by atoms with van der Waals surface area (Å²) in [5.41, 5.74) is 3.14. The molecule has 27 heavy (non-hydrogen) atoms. The second-order valence-corrected chi connectivity index (χ2v) is 7.20. The van der Waals surface area contributed by atoms with E-state index in [0.717, 1.165) is 40.3 Å². The summed E-state index contributed by atoms with van der Waals surface area (Å²) in [6.45, 7) is 2.93. The number of hydrogen-bond acceptors (Lipinski definition) is 5. The number of thioether (sulfide) groups is 1. The molecule has 0 atom stereocenters. The minimum Gasteiger partial charge on any atom is -0.378 e. The molecule has 1 aromatic heterocycles. The van der Waals surface area contributed by atoms with Crippen LogP contribution in [0.1, 0.15) is 10.4 Å². The number of benzene rings is 2. The molecule has 1 fully saturated rings. The molecule has 6 heteroatoms. The lowest BCUT2D eigenvalue weighted by atomic mass is 10.1. The van der Waals surface area contributed by atoms with Gasteiger partial charge in [0, 0.05) is 29.6 Å². The summed E-state index contributed by atoms with van der Waals surface area (Å²) in [5.74, 6) is -0.123. The number of aromatic nitrogens is 1. The smallest absolute Gasteiger partial charge is 0.257 e. The fourth-order valence-corrected chi connectivity index (χ4v) is 3.72. The molecule has 0 spiro atoms. The second-order valence-electron chi connectivity index (χ2n) is 6.32. The number of nitrogens with one attached hydrogen (secondary N) is 1. The van der Waals surface area contributed by atoms with Crippen molar-refractivity contribution in [2.24, 2.45) is 0 Å². The highest BCUT2D eigenvalue weighted by Gasteiger charge is 2.20. The molecule has 1 aliphatic rings. The van der Waals surface area contributed by atoms with Gasteiger partial charge in [0.05, 0.1) is 35.7 Å². The molecule has 2 aromatic carbocycles. The lowest BCUT2D eigenvalue weighted by Crippen LogP contribution is -2.37. The third kappa shape index (κ3) is 3.77. The monoisotopic (exact) mass is 379 g/mol. The Kier molecular flexibility index (Phi) is 5.27. The van der Waals surface area contributed by atoms with E-state index in [1.807, 2.05) is 48.7 Å². The minimum absolute atomic E-state index is 0.123. The van der Waals surface area contributed by atoms with Crippen LogP contribution in [0, 0.1) is 0 Å². The number of rotatable bonds is 4. The number of carbonyl (C=O) groups excluding carboxylic acids is 1. The standard InChI is InChI=1S/C21H21N3O2S/c1-27-16-7-8-17(19(14-16)24-10-12-26-13-11-24)21(25)23-18-6-2-4-15-5-3-9-22-20(15)18/h2-9,14H,10-13H2,1H3,(H,23,25). The highest BCUT2D eigenvalue weighted by Crippen LogP contribution is 2.29. The van der Waals surface area contributed by atoms with E-state index in [1.54, 1.807) is 18.0 Å². The van der Waals surface area contributed by atoms with Gasteiger partial charge in [0.15, 0.2) is 0 Å². The van der Waals surface area contributed by atoms with E-state index in [1.165, 1.54) is 0 Å². The topological polar surface area (TPSA) is 54.5 Å². The number of para-hydroxylation sites is 1. The summed E-state index contributed by atoms with van der Waals surface area (Å²) < 4.78 is 5.47. The van der Waals surface area contributed by atoms with E-state index in [2.05, 4.69) is 21.3 Å². The first-order chi connectivity index (χ1) is 13.3. The van der Waals surface area contributed by atoms with Crippen LogP contribution in [0.25, 0.3) is 10.9 Å². The van der Waals surface area contributed by atoms with Crippen LogP contribution in [0.4, 0.5) is 11.4 Å². The van der Waals surface area contributed by atoms with Crippen molar-refractivity contribution >= 4 is 39.9 Å². The number of ether oxygens (including phenoxy) is 1. The molecule has 138 valence electrons. The first kappa shape index (κ1) is 17.8. The molecule has 1 saturated heterocycles. The van der Waals surface area contributed by atoms with Gasteiger partial charge in [-0.25, -0.2) is 0 Å². The SMILES string of the molecule is CSc1ccc(C(=O)Nc2cccc3cccnc23)c(N2CCOCC2)c1. The second kappa shape index (κ2) is 7.98. The zero-order chi connectivity index (χ0) is 18.6. The Hall–Kier alpha value is -2.57. The summed E-state index contributed by atoms with van der Waals surface area (Å²) in [6.07, 6.45) is 3.78. The largest absolute Gasteiger partial charge is 0.378 e. The van der Waals surface area contributed by atoms with Crippen molar-refractivity contribution in [3.05, 3.63) is 60.3 Å². The number of anilines is 2. The van der Waals surface area contributed by atoms with Crippen LogP contribution in [-0.4, -0.2) is 43.5 Å². The van der Waals surface area contributed by atoms with Crippen LogP contribution in [0.15, 0.2) is 59.6 Å². The molecule has 0 unspecified atom stereocenters. The number of fused-ring (bicyclic) bond motifs is 1. The molecule has 3 aromatic rings. The van der Waals surface area contributed by atoms with Crippen molar-refractivity contribution in [1.82, 2.24) is 4.98 Å². The third-order valence-corrected chi connectivity index (χ3v) is 5.41. The maximum Gasteiger partial charge on any atom is 0.257 e. The highest BCUT2D eigenvalue weighted by atomic mass is 32.2. The lowest BCUT2D eigenvalue weighted by Gasteiger charge is -2.30. The molecular formula is C21H21N3O2S. The van der Waals surface area contributed by atoms with E-state index in [0.29, 0.717) is 18.8 Å². The number of morpholine rings is 1. The van der Waals surface area contributed by atoms with Crippen molar-refractivity contribution in [2.45, 2.75) is 4.90 Å². The van der Waals surface area contributed by atoms with Gasteiger partial charge in [-0.1, -0.05) is 18.2 Å². The van der Waals surface area contributed by atoms with Crippen LogP contribution in [-0.2, 0) is 4.74 Å². The Balaban J connectivity index is 1.68. The van der Waals surface area contributed by atoms with E-state index in [4.69, 9.17) is 4.74 Å². The number of hydrogen-bond donors (Lipinski definition) is 1. The van der Waals surface area contributed by atoms with Gasteiger partial charge >= 0.3 is 0 Å². The Morgan fingerprint density at radius 3 is 2.78 bits per heavy atom. The molecule has 2 heterocycles. The van der Waals surface area contributed by atoms with Crippen LogP contribution in [0.2, 0.25) is 0 Å². The Bertz CT molecular complexity index is 965. The van der Waals surface area contributed by atoms with Gasteiger partial charge < -0.3 is 15.0 Å². The van der Waals surface area contributed by atoms with Crippen molar-refractivity contribution in [1.29, 1.82) is 0 Å². The first-order valence-corrected chi connectivity index (χ1v) is 10.1. The minimum atomic E-state index is -0.123. The maximum absolute atomic E-state index is 13.1. The van der Waals surface area contributed by atoms with Crippen molar-refractivity contribution < 1.29 is 9.53 Å². The van der Waals surface area contributed by atoms with Crippen molar-refractivity contribution in [3.63, 3.8) is 0 Å². The Labute approximate surface area is 162 Å². The summed E-state index contributed by atoms with van der Waals surface area (Å²) in [6, 6.07) is 15.7. The van der Waals surface area contributed by atoms with E-state index in [9.17, 15) is 4.79 Å². The van der Waals surface area contributed by atoms with Gasteiger partial charge in [-0.15, -0.1) is 11.8 Å². The van der Waals surface area contributed by atoms with E-state index in [-0.39, 0.29) is 5.91 Å². The maximum atomic E-state index is 13.1. The van der Waals surface area contributed by atoms with Gasteiger partial charge in [-0.3, -0.25) is 9.78 Å². The lowest BCUT2D eigenvalue weighted by molar-refractivity contribution is 0.102.